The van der Waals surface area contributed by atoms with Crippen LogP contribution in [-0.2, 0) is 4.79 Å². The number of carbonyl (C=O) groups excluding carboxylic acids is 1. The monoisotopic (exact) mass is 283 g/mol. The van der Waals surface area contributed by atoms with E-state index in [0.717, 1.165) is 25.8 Å². The number of carboxylic acid groups (broad SMARTS) is 1. The van der Waals surface area contributed by atoms with Crippen LogP contribution < -0.4 is 5.32 Å². The van der Waals surface area contributed by atoms with Gasteiger partial charge in [-0.3, -0.25) is 4.79 Å². The molecule has 0 aliphatic carbocycles. The predicted octanol–water partition coefficient (Wildman–Crippen LogP) is 0.977. The van der Waals surface area contributed by atoms with Gasteiger partial charge in [-0.15, -0.1) is 0 Å². The number of hydrogen-bond donors (Lipinski definition) is 2. The molecule has 2 aliphatic heterocycles. The van der Waals surface area contributed by atoms with Crippen molar-refractivity contribution >= 4 is 12.0 Å². The highest BCUT2D eigenvalue weighted by atomic mass is 16.4. The van der Waals surface area contributed by atoms with E-state index < -0.39 is 5.97 Å². The van der Waals surface area contributed by atoms with Gasteiger partial charge in [-0.05, 0) is 45.2 Å². The Morgan fingerprint density at radius 1 is 1.20 bits per heavy atom. The number of rotatable bonds is 4. The molecule has 0 aromatic rings. The highest BCUT2D eigenvalue weighted by molar-refractivity contribution is 5.74. The van der Waals surface area contributed by atoms with Crippen molar-refractivity contribution in [2.75, 3.05) is 33.2 Å². The SMILES string of the molecule is CN1CCCC1CNC(=O)N1CCC(CC(=O)O)CC1. The van der Waals surface area contributed by atoms with Gasteiger partial charge in [0, 0.05) is 32.1 Å². The lowest BCUT2D eigenvalue weighted by Gasteiger charge is -2.32. The van der Waals surface area contributed by atoms with Crippen LogP contribution in [0.2, 0.25) is 0 Å². The lowest BCUT2D eigenvalue weighted by atomic mass is 9.94. The van der Waals surface area contributed by atoms with E-state index in [2.05, 4.69) is 17.3 Å². The first-order chi connectivity index (χ1) is 9.56. The van der Waals surface area contributed by atoms with Crippen LogP contribution in [-0.4, -0.2) is 66.2 Å². The Hall–Kier alpha value is -1.30. The first-order valence-corrected chi connectivity index (χ1v) is 7.51. The molecule has 0 spiro atoms. The van der Waals surface area contributed by atoms with E-state index in [1.165, 1.54) is 6.42 Å². The lowest BCUT2D eigenvalue weighted by molar-refractivity contribution is -0.138. The fraction of sp³-hybridized carbons (Fsp3) is 0.857. The van der Waals surface area contributed by atoms with Gasteiger partial charge in [0.2, 0.25) is 0 Å². The van der Waals surface area contributed by atoms with Gasteiger partial charge < -0.3 is 20.2 Å². The fourth-order valence-electron chi connectivity index (χ4n) is 3.14. The number of hydrogen-bond acceptors (Lipinski definition) is 3. The molecule has 0 radical (unpaired) electrons. The molecule has 2 N–H and O–H groups in total. The summed E-state index contributed by atoms with van der Waals surface area (Å²) in [6, 6.07) is 0.461. The predicted molar refractivity (Wildman–Crippen MR) is 75.6 cm³/mol. The Bertz CT molecular complexity index is 354. The van der Waals surface area contributed by atoms with Crippen LogP contribution >= 0.6 is 0 Å². The van der Waals surface area contributed by atoms with Crippen molar-refractivity contribution in [2.45, 2.75) is 38.1 Å². The van der Waals surface area contributed by atoms with Crippen LogP contribution in [0.5, 0.6) is 0 Å². The summed E-state index contributed by atoms with van der Waals surface area (Å²) in [7, 11) is 2.10. The molecule has 2 rings (SSSR count). The second-order valence-corrected chi connectivity index (χ2v) is 5.99. The highest BCUT2D eigenvalue weighted by Gasteiger charge is 2.26. The molecule has 2 aliphatic rings. The zero-order valence-corrected chi connectivity index (χ0v) is 12.2. The summed E-state index contributed by atoms with van der Waals surface area (Å²) in [5.74, 6) is -0.519. The molecule has 2 amide bonds. The Morgan fingerprint density at radius 3 is 2.45 bits per heavy atom. The number of amides is 2. The first kappa shape index (κ1) is 15.1. The summed E-state index contributed by atoms with van der Waals surface area (Å²) in [4.78, 5) is 26.8. The van der Waals surface area contributed by atoms with Crippen LogP contribution in [0.1, 0.15) is 32.1 Å². The van der Waals surface area contributed by atoms with E-state index >= 15 is 0 Å². The molecule has 2 saturated heterocycles. The number of urea groups is 1. The molecule has 0 saturated carbocycles. The molecule has 2 fully saturated rings. The molecule has 2 heterocycles. The Balaban J connectivity index is 1.68. The number of likely N-dealkylation sites (N-methyl/N-ethyl adjacent to an activating group) is 1. The molecule has 0 aromatic carbocycles. The molecule has 114 valence electrons. The van der Waals surface area contributed by atoms with Crippen molar-refractivity contribution in [1.29, 1.82) is 0 Å². The average Bonchev–Trinajstić information content (AvgIpc) is 2.82. The Labute approximate surface area is 120 Å². The van der Waals surface area contributed by atoms with Crippen molar-refractivity contribution < 1.29 is 14.7 Å². The third-order valence-corrected chi connectivity index (χ3v) is 4.53. The van der Waals surface area contributed by atoms with E-state index in [0.29, 0.717) is 25.7 Å². The van der Waals surface area contributed by atoms with E-state index in [-0.39, 0.29) is 18.4 Å². The second-order valence-electron chi connectivity index (χ2n) is 5.99. The van der Waals surface area contributed by atoms with Gasteiger partial charge >= 0.3 is 12.0 Å². The molecule has 20 heavy (non-hydrogen) atoms. The summed E-state index contributed by atoms with van der Waals surface area (Å²) in [5.41, 5.74) is 0. The van der Waals surface area contributed by atoms with E-state index in [1.807, 2.05) is 4.90 Å². The third kappa shape index (κ3) is 4.10. The zero-order valence-electron chi connectivity index (χ0n) is 12.2. The number of piperidine rings is 1. The molecular weight excluding hydrogens is 258 g/mol. The summed E-state index contributed by atoms with van der Waals surface area (Å²) in [5, 5.41) is 11.8. The minimum Gasteiger partial charge on any atom is -0.481 e. The van der Waals surface area contributed by atoms with Crippen LogP contribution in [0.3, 0.4) is 0 Å². The molecule has 1 unspecified atom stereocenters. The van der Waals surface area contributed by atoms with E-state index in [4.69, 9.17) is 5.11 Å². The van der Waals surface area contributed by atoms with E-state index in [1.54, 1.807) is 0 Å². The average molecular weight is 283 g/mol. The van der Waals surface area contributed by atoms with Crippen molar-refractivity contribution in [3.63, 3.8) is 0 Å². The van der Waals surface area contributed by atoms with Gasteiger partial charge in [-0.25, -0.2) is 4.79 Å². The van der Waals surface area contributed by atoms with Crippen molar-refractivity contribution in [1.82, 2.24) is 15.1 Å². The van der Waals surface area contributed by atoms with Crippen LogP contribution in [0, 0.1) is 5.92 Å². The maximum absolute atomic E-state index is 12.1. The van der Waals surface area contributed by atoms with Gasteiger partial charge in [-0.2, -0.15) is 0 Å². The molecule has 0 bridgehead atoms. The maximum atomic E-state index is 12.1. The van der Waals surface area contributed by atoms with Crippen LogP contribution in [0.4, 0.5) is 4.79 Å². The number of nitrogens with one attached hydrogen (secondary N) is 1. The van der Waals surface area contributed by atoms with Gasteiger partial charge in [-0.1, -0.05) is 0 Å². The third-order valence-electron chi connectivity index (χ3n) is 4.53. The molecular formula is C14H25N3O3. The van der Waals surface area contributed by atoms with Gasteiger partial charge in [0.15, 0.2) is 0 Å². The summed E-state index contributed by atoms with van der Waals surface area (Å²) in [6.45, 7) is 3.17. The maximum Gasteiger partial charge on any atom is 0.317 e. The number of aliphatic carboxylic acids is 1. The van der Waals surface area contributed by atoms with Gasteiger partial charge in [0.05, 0.1) is 0 Å². The second kappa shape index (κ2) is 6.92. The largest absolute Gasteiger partial charge is 0.481 e. The number of carboxylic acids is 1. The number of nitrogens with zero attached hydrogens (tertiary/aromatic N) is 2. The topological polar surface area (TPSA) is 72.9 Å². The molecule has 0 aromatic heterocycles. The quantitative estimate of drug-likeness (QED) is 0.806. The summed E-state index contributed by atoms with van der Waals surface area (Å²) in [6.07, 6.45) is 4.17. The standard InChI is InChI=1S/C14H25N3O3/c1-16-6-2-3-12(16)10-15-14(20)17-7-4-11(5-8-17)9-13(18)19/h11-12H,2-10H2,1H3,(H,15,20)(H,18,19). The Kier molecular flexibility index (Phi) is 5.23. The Morgan fingerprint density at radius 2 is 1.90 bits per heavy atom. The summed E-state index contributed by atoms with van der Waals surface area (Å²) >= 11 is 0. The van der Waals surface area contributed by atoms with Gasteiger partial charge in [0.1, 0.15) is 0 Å². The normalized spacial score (nSPS) is 24.9. The summed E-state index contributed by atoms with van der Waals surface area (Å²) < 4.78 is 0. The van der Waals surface area contributed by atoms with Crippen LogP contribution in [0.15, 0.2) is 0 Å². The van der Waals surface area contributed by atoms with Crippen molar-refractivity contribution in [3.05, 3.63) is 0 Å². The zero-order chi connectivity index (χ0) is 14.5. The first-order valence-electron chi connectivity index (χ1n) is 7.51. The van der Waals surface area contributed by atoms with Gasteiger partial charge in [0.25, 0.3) is 0 Å². The van der Waals surface area contributed by atoms with Crippen LogP contribution in [0.25, 0.3) is 0 Å². The number of carbonyl (C=O) groups is 2. The smallest absolute Gasteiger partial charge is 0.317 e. The lowest BCUT2D eigenvalue weighted by Crippen LogP contribution is -2.47. The minimum atomic E-state index is -0.739. The molecule has 6 nitrogen and oxygen atoms in total. The fourth-order valence-corrected chi connectivity index (χ4v) is 3.14. The number of likely N-dealkylation sites (tertiary alicyclic amines) is 2. The minimum absolute atomic E-state index is 0.000856. The van der Waals surface area contributed by atoms with E-state index in [9.17, 15) is 9.59 Å². The van der Waals surface area contributed by atoms with Crippen molar-refractivity contribution in [2.24, 2.45) is 5.92 Å². The highest BCUT2D eigenvalue weighted by Crippen LogP contribution is 2.20. The molecule has 1 atom stereocenters. The van der Waals surface area contributed by atoms with Crippen molar-refractivity contribution in [3.8, 4) is 0 Å². The molecule has 6 heteroatoms.